The van der Waals surface area contributed by atoms with Gasteiger partial charge in [0, 0.05) is 11.9 Å². The van der Waals surface area contributed by atoms with Crippen LogP contribution in [-0.2, 0) is 14.8 Å². The molecular formula is C25H19ClCoN3. The number of hydrogen-bond acceptors (Lipinski definition) is 1. The van der Waals surface area contributed by atoms with E-state index in [-0.39, 0.29) is 0 Å². The van der Waals surface area contributed by atoms with Crippen molar-refractivity contribution in [2.75, 3.05) is 0 Å². The fourth-order valence-electron chi connectivity index (χ4n) is 2.79. The zero-order valence-electron chi connectivity index (χ0n) is 16.0. The van der Waals surface area contributed by atoms with Crippen molar-refractivity contribution >= 4 is 44.8 Å². The van der Waals surface area contributed by atoms with Crippen LogP contribution in [0.1, 0.15) is 5.56 Å². The van der Waals surface area contributed by atoms with E-state index in [2.05, 4.69) is 25.0 Å². The molecule has 150 valence electrons. The van der Waals surface area contributed by atoms with Gasteiger partial charge in [0.25, 0.3) is 0 Å². The van der Waals surface area contributed by atoms with Crippen LogP contribution < -0.4 is 0 Å². The molecule has 4 rings (SSSR count). The van der Waals surface area contributed by atoms with E-state index < -0.39 is 0 Å². The Morgan fingerprint density at radius 2 is 1.03 bits per heavy atom. The van der Waals surface area contributed by atoms with Crippen molar-refractivity contribution in [3.8, 4) is 0 Å². The van der Waals surface area contributed by atoms with Crippen LogP contribution in [0.3, 0.4) is 0 Å². The molecule has 0 aliphatic heterocycles. The number of hydrogen-bond donors (Lipinski definition) is 0. The van der Waals surface area contributed by atoms with Crippen LogP contribution in [-0.4, -0.2) is 6.21 Å². The maximum atomic E-state index is 4.73. The number of benzene rings is 4. The number of para-hydroxylation sites is 5. The van der Waals surface area contributed by atoms with Gasteiger partial charge in [-0.05, 0) is 11.6 Å². The summed E-state index contributed by atoms with van der Waals surface area (Å²) in [5, 5.41) is 9.44. The first-order valence-corrected chi connectivity index (χ1v) is 10.7. The van der Waals surface area contributed by atoms with E-state index in [1.807, 2.05) is 115 Å². The van der Waals surface area contributed by atoms with Gasteiger partial charge in [-0.3, -0.25) is 4.99 Å². The third kappa shape index (κ3) is 6.22. The Morgan fingerprint density at radius 1 is 0.567 bits per heavy atom. The van der Waals surface area contributed by atoms with Gasteiger partial charge < -0.3 is 10.6 Å². The van der Waals surface area contributed by atoms with E-state index in [1.165, 1.54) is 0 Å². The number of rotatable bonds is 6. The van der Waals surface area contributed by atoms with Crippen molar-refractivity contribution in [2.24, 2.45) is 4.99 Å². The van der Waals surface area contributed by atoms with Crippen molar-refractivity contribution < 1.29 is 14.8 Å². The molecule has 0 aliphatic rings. The minimum atomic E-state index is 0.820. The summed E-state index contributed by atoms with van der Waals surface area (Å²) < 4.78 is 0. The summed E-state index contributed by atoms with van der Waals surface area (Å²) in [4.78, 5) is 4.70. The first-order chi connectivity index (χ1) is 14.9. The third-order valence-corrected chi connectivity index (χ3v) is 4.17. The molecule has 0 aromatic heterocycles. The zero-order valence-corrected chi connectivity index (χ0v) is 17.8. The van der Waals surface area contributed by atoms with Gasteiger partial charge in [-0.2, -0.15) is 0 Å². The summed E-state index contributed by atoms with van der Waals surface area (Å²) in [5.74, 6) is 0. The normalized spacial score (nSPS) is 10.2. The van der Waals surface area contributed by atoms with Gasteiger partial charge in [-0.1, -0.05) is 103 Å². The van der Waals surface area contributed by atoms with Gasteiger partial charge >= 0.3 is 25.0 Å². The molecule has 0 bridgehead atoms. The monoisotopic (exact) mass is 455 g/mol. The second kappa shape index (κ2) is 11.8. The Balaban J connectivity index is 0.00000124. The summed E-state index contributed by atoms with van der Waals surface area (Å²) in [6.07, 6.45) is 1.85. The van der Waals surface area contributed by atoms with Crippen LogP contribution in [0.15, 0.2) is 114 Å². The molecule has 4 aromatic rings. The van der Waals surface area contributed by atoms with Gasteiger partial charge in [0.2, 0.25) is 0 Å². The molecule has 0 saturated heterocycles. The van der Waals surface area contributed by atoms with Gasteiger partial charge in [0.15, 0.2) is 0 Å². The van der Waals surface area contributed by atoms with E-state index in [0.29, 0.717) is 0 Å². The van der Waals surface area contributed by atoms with Crippen molar-refractivity contribution in [3.63, 3.8) is 0 Å². The molecule has 0 fully saturated rings. The third-order valence-electron chi connectivity index (χ3n) is 4.17. The van der Waals surface area contributed by atoms with Gasteiger partial charge in [0.1, 0.15) is 0 Å². The van der Waals surface area contributed by atoms with E-state index in [9.17, 15) is 0 Å². The maximum absolute atomic E-state index is 4.73. The van der Waals surface area contributed by atoms with Crippen molar-refractivity contribution in [2.45, 2.75) is 0 Å². The molecule has 0 radical (unpaired) electrons. The molecule has 0 aliphatic carbocycles. The molecule has 0 unspecified atom stereocenters. The van der Waals surface area contributed by atoms with Crippen LogP contribution in [0.2, 0.25) is 0 Å². The molecule has 3 nitrogen and oxygen atoms in total. The predicted molar refractivity (Wildman–Crippen MR) is 124 cm³/mol. The topological polar surface area (TPSA) is 40.6 Å². The zero-order chi connectivity index (χ0) is 21.0. The number of nitrogens with zero attached hydrogens (tertiary/aromatic N) is 3. The molecule has 0 saturated carbocycles. The quantitative estimate of drug-likeness (QED) is 0.261. The van der Waals surface area contributed by atoms with Gasteiger partial charge in [-0.15, -0.1) is 22.7 Å². The first-order valence-electron chi connectivity index (χ1n) is 9.27. The molecule has 0 spiro atoms. The molecule has 5 heteroatoms. The van der Waals surface area contributed by atoms with Crippen molar-refractivity contribution in [3.05, 3.63) is 125 Å². The molecule has 30 heavy (non-hydrogen) atoms. The van der Waals surface area contributed by atoms with Crippen LogP contribution in [0.4, 0.5) is 28.4 Å². The standard InChI is InChI=1S/C25H19N3.ClH.Co/c1-3-12-21(13-4-1)27-23-16-8-7-11-20(23)19-26-24-17-9-10-18-25(24)28-22-14-5-2-6-15-22;;/h1-19H;1H;/q-2;;+3/p-1. The van der Waals surface area contributed by atoms with Crippen molar-refractivity contribution in [1.82, 2.24) is 0 Å². The first kappa shape index (κ1) is 21.7. The molecule has 0 heterocycles. The Hall–Kier alpha value is -3.05. The predicted octanol–water partition coefficient (Wildman–Crippen LogP) is 8.80. The van der Waals surface area contributed by atoms with Crippen LogP contribution in [0, 0.1) is 0 Å². The molecular weight excluding hydrogens is 437 g/mol. The Kier molecular flexibility index (Phi) is 8.54. The fourth-order valence-corrected chi connectivity index (χ4v) is 2.79. The summed E-state index contributed by atoms with van der Waals surface area (Å²) in [6, 6.07) is 35.7. The van der Waals surface area contributed by atoms with Crippen LogP contribution in [0.5, 0.6) is 0 Å². The van der Waals surface area contributed by atoms with Crippen molar-refractivity contribution in [1.29, 1.82) is 0 Å². The average molecular weight is 456 g/mol. The second-order valence-corrected chi connectivity index (χ2v) is 6.20. The van der Waals surface area contributed by atoms with Crippen LogP contribution >= 0.6 is 10.1 Å². The molecule has 0 amide bonds. The van der Waals surface area contributed by atoms with Gasteiger partial charge in [-0.25, -0.2) is 0 Å². The summed E-state index contributed by atoms with van der Waals surface area (Å²) in [7, 11) is 4.33. The average Bonchev–Trinajstić information content (AvgIpc) is 2.82. The summed E-state index contributed by atoms with van der Waals surface area (Å²) in [6.45, 7) is 0. The van der Waals surface area contributed by atoms with Gasteiger partial charge in [0.05, 0.1) is 0 Å². The van der Waals surface area contributed by atoms with Crippen LogP contribution in [0.25, 0.3) is 10.6 Å². The summed E-state index contributed by atoms with van der Waals surface area (Å²) >= 11 is 3.03. The minimum absolute atomic E-state index is 0.820. The Morgan fingerprint density at radius 3 is 1.67 bits per heavy atom. The van der Waals surface area contributed by atoms with E-state index in [1.54, 1.807) is 0 Å². The molecule has 4 aromatic carbocycles. The van der Waals surface area contributed by atoms with E-state index >= 15 is 0 Å². The Labute approximate surface area is 189 Å². The number of halogens is 1. The summed E-state index contributed by atoms with van der Waals surface area (Å²) in [5.41, 5.74) is 5.33. The Bertz CT molecular complexity index is 983. The number of aliphatic imine (C=N–C) groups is 1. The second-order valence-electron chi connectivity index (χ2n) is 6.20. The van der Waals surface area contributed by atoms with E-state index in [0.717, 1.165) is 34.0 Å². The SMILES string of the molecule is C(=Nc1ccccc1[N-]c1ccccc1)c1ccccc1[N-]c1ccccc1.[Cl][Co+2]. The van der Waals surface area contributed by atoms with E-state index in [4.69, 9.17) is 15.6 Å². The fraction of sp³-hybridized carbons (Fsp3) is 0. The molecule has 0 N–H and O–H groups in total. The molecule has 0 atom stereocenters.